The Balaban J connectivity index is 0.000000517. The van der Waals surface area contributed by atoms with Gasteiger partial charge in [0, 0.05) is 47.7 Å². The molecule has 5 rings (SSSR count). The van der Waals surface area contributed by atoms with Crippen LogP contribution >= 0.6 is 23.2 Å². The van der Waals surface area contributed by atoms with Gasteiger partial charge in [-0.25, -0.2) is 4.79 Å². The third-order valence-electron chi connectivity index (χ3n) is 6.83. The van der Waals surface area contributed by atoms with Crippen LogP contribution in [0.2, 0.25) is 10.0 Å². The number of benzene rings is 3. The number of rotatable bonds is 6. The number of ether oxygens (including phenoxy) is 1. The van der Waals surface area contributed by atoms with Crippen molar-refractivity contribution in [2.24, 2.45) is 0 Å². The summed E-state index contributed by atoms with van der Waals surface area (Å²) in [4.78, 5) is 27.7. The number of aromatic amines is 1. The molecule has 222 valence electrons. The Morgan fingerprint density at radius 2 is 1.67 bits per heavy atom. The van der Waals surface area contributed by atoms with Crippen molar-refractivity contribution in [2.45, 2.75) is 31.6 Å². The predicted octanol–water partition coefficient (Wildman–Crippen LogP) is 7.18. The van der Waals surface area contributed by atoms with Crippen LogP contribution in [-0.4, -0.2) is 59.3 Å². The number of hydrogen-bond donors (Lipinski definition) is 3. The van der Waals surface area contributed by atoms with Crippen molar-refractivity contribution in [1.29, 1.82) is 0 Å². The fraction of sp³-hybridized carbons (Fsp3) is 0.267. The standard InChI is InChI=1S/C28H27Cl2N3O2.C2HF3O2/c1-35-27-15-19(7-8-22(27)26-14-20-13-23(29)24(30)16-25(20)32-26)28(34)31-21-9-11-33(12-10-21)17-18-5-3-2-4-6-18;3-2(4,5)1(6)7/h2-8,13-16,21,32H,9-12,17H2,1H3,(H,31,34);(H,6,7). The highest BCUT2D eigenvalue weighted by Gasteiger charge is 2.38. The lowest BCUT2D eigenvalue weighted by molar-refractivity contribution is -0.192. The molecule has 0 bridgehead atoms. The number of aromatic nitrogens is 1. The van der Waals surface area contributed by atoms with Crippen LogP contribution in [0.25, 0.3) is 22.2 Å². The molecule has 0 radical (unpaired) electrons. The Morgan fingerprint density at radius 3 is 2.29 bits per heavy atom. The molecule has 1 saturated heterocycles. The maximum Gasteiger partial charge on any atom is 0.490 e. The summed E-state index contributed by atoms with van der Waals surface area (Å²) < 4.78 is 37.4. The zero-order chi connectivity index (χ0) is 30.4. The number of nitrogens with one attached hydrogen (secondary N) is 2. The number of likely N-dealkylation sites (tertiary alicyclic amines) is 1. The Kier molecular flexibility index (Phi) is 10.0. The first-order valence-electron chi connectivity index (χ1n) is 13.0. The molecule has 4 aromatic rings. The number of carbonyl (C=O) groups excluding carboxylic acids is 1. The van der Waals surface area contributed by atoms with Gasteiger partial charge in [0.2, 0.25) is 0 Å². The monoisotopic (exact) mass is 621 g/mol. The number of carboxylic acids is 1. The van der Waals surface area contributed by atoms with E-state index in [-0.39, 0.29) is 11.9 Å². The number of piperidine rings is 1. The highest BCUT2D eigenvalue weighted by Crippen LogP contribution is 2.35. The normalized spacial score (nSPS) is 14.2. The third kappa shape index (κ3) is 7.96. The number of amides is 1. The fourth-order valence-corrected chi connectivity index (χ4v) is 5.01. The Morgan fingerprint density at radius 1 is 1.02 bits per heavy atom. The molecule has 1 aliphatic rings. The molecular formula is C30H28Cl2F3N3O4. The third-order valence-corrected chi connectivity index (χ3v) is 7.55. The van der Waals surface area contributed by atoms with Gasteiger partial charge >= 0.3 is 12.1 Å². The van der Waals surface area contributed by atoms with E-state index < -0.39 is 12.1 Å². The second-order valence-electron chi connectivity index (χ2n) is 9.76. The van der Waals surface area contributed by atoms with E-state index in [2.05, 4.69) is 39.5 Å². The van der Waals surface area contributed by atoms with Crippen molar-refractivity contribution in [2.75, 3.05) is 20.2 Å². The summed E-state index contributed by atoms with van der Waals surface area (Å²) in [5, 5.41) is 12.3. The van der Waals surface area contributed by atoms with Crippen LogP contribution in [0.1, 0.15) is 28.8 Å². The number of nitrogens with zero attached hydrogens (tertiary/aromatic N) is 1. The summed E-state index contributed by atoms with van der Waals surface area (Å²) in [6.45, 7) is 2.89. The van der Waals surface area contributed by atoms with Gasteiger partial charge in [-0.05, 0) is 54.8 Å². The summed E-state index contributed by atoms with van der Waals surface area (Å²) in [6.07, 6.45) is -3.21. The minimum atomic E-state index is -5.08. The van der Waals surface area contributed by atoms with Crippen LogP contribution in [0.5, 0.6) is 5.75 Å². The van der Waals surface area contributed by atoms with Crippen LogP contribution < -0.4 is 10.1 Å². The van der Waals surface area contributed by atoms with Crippen molar-refractivity contribution in [3.05, 3.63) is 87.9 Å². The van der Waals surface area contributed by atoms with E-state index >= 15 is 0 Å². The molecule has 0 unspecified atom stereocenters. The molecule has 0 spiro atoms. The lowest BCUT2D eigenvalue weighted by Crippen LogP contribution is -2.44. The van der Waals surface area contributed by atoms with Gasteiger partial charge in [0.1, 0.15) is 5.75 Å². The molecule has 12 heteroatoms. The quantitative estimate of drug-likeness (QED) is 0.212. The van der Waals surface area contributed by atoms with Crippen LogP contribution in [-0.2, 0) is 11.3 Å². The van der Waals surface area contributed by atoms with Crippen molar-refractivity contribution < 1.29 is 32.6 Å². The zero-order valence-electron chi connectivity index (χ0n) is 22.5. The average molecular weight is 622 g/mol. The van der Waals surface area contributed by atoms with Crippen molar-refractivity contribution in [3.63, 3.8) is 0 Å². The van der Waals surface area contributed by atoms with E-state index in [9.17, 15) is 18.0 Å². The largest absolute Gasteiger partial charge is 0.496 e. The number of halogens is 5. The molecule has 0 atom stereocenters. The molecule has 0 saturated carbocycles. The fourth-order valence-electron chi connectivity index (χ4n) is 4.67. The zero-order valence-corrected chi connectivity index (χ0v) is 24.0. The van der Waals surface area contributed by atoms with Gasteiger partial charge in [-0.15, -0.1) is 0 Å². The summed E-state index contributed by atoms with van der Waals surface area (Å²) in [7, 11) is 1.61. The van der Waals surface area contributed by atoms with Gasteiger partial charge in [0.05, 0.1) is 22.8 Å². The molecule has 1 amide bonds. The van der Waals surface area contributed by atoms with Gasteiger partial charge in [-0.2, -0.15) is 13.2 Å². The lowest BCUT2D eigenvalue weighted by atomic mass is 10.0. The van der Waals surface area contributed by atoms with Gasteiger partial charge in [0.25, 0.3) is 5.91 Å². The second kappa shape index (κ2) is 13.5. The first kappa shape index (κ1) is 31.2. The van der Waals surface area contributed by atoms with Gasteiger partial charge in [-0.3, -0.25) is 9.69 Å². The molecule has 1 aromatic heterocycles. The van der Waals surface area contributed by atoms with E-state index in [0.717, 1.165) is 54.6 Å². The highest BCUT2D eigenvalue weighted by atomic mass is 35.5. The first-order chi connectivity index (χ1) is 19.9. The number of carboxylic acid groups (broad SMARTS) is 1. The van der Waals surface area contributed by atoms with Gasteiger partial charge in [0.15, 0.2) is 0 Å². The summed E-state index contributed by atoms with van der Waals surface area (Å²) in [5.74, 6) is -2.21. The number of carbonyl (C=O) groups is 2. The number of fused-ring (bicyclic) bond motifs is 1. The van der Waals surface area contributed by atoms with Gasteiger partial charge < -0.3 is 20.1 Å². The predicted molar refractivity (Wildman–Crippen MR) is 156 cm³/mol. The number of methoxy groups -OCH3 is 1. The van der Waals surface area contributed by atoms with Crippen molar-refractivity contribution in [3.8, 4) is 17.0 Å². The maximum atomic E-state index is 13.0. The number of alkyl halides is 3. The molecule has 0 aliphatic carbocycles. The number of aliphatic carboxylic acids is 1. The van der Waals surface area contributed by atoms with Crippen LogP contribution in [0.4, 0.5) is 13.2 Å². The molecule has 1 fully saturated rings. The molecule has 3 aromatic carbocycles. The van der Waals surface area contributed by atoms with E-state index in [1.807, 2.05) is 36.4 Å². The maximum absolute atomic E-state index is 13.0. The smallest absolute Gasteiger partial charge is 0.490 e. The molecule has 2 heterocycles. The second-order valence-corrected chi connectivity index (χ2v) is 10.6. The van der Waals surface area contributed by atoms with Crippen molar-refractivity contribution in [1.82, 2.24) is 15.2 Å². The van der Waals surface area contributed by atoms with E-state index in [1.165, 1.54) is 5.56 Å². The van der Waals surface area contributed by atoms with Gasteiger partial charge in [-0.1, -0.05) is 53.5 Å². The molecular weight excluding hydrogens is 594 g/mol. The summed E-state index contributed by atoms with van der Waals surface area (Å²) in [5.41, 5.74) is 4.52. The summed E-state index contributed by atoms with van der Waals surface area (Å²) in [6, 6.07) is 21.8. The first-order valence-corrected chi connectivity index (χ1v) is 13.7. The minimum absolute atomic E-state index is 0.0773. The molecule has 3 N–H and O–H groups in total. The van der Waals surface area contributed by atoms with Crippen LogP contribution in [0.15, 0.2) is 66.7 Å². The molecule has 7 nitrogen and oxygen atoms in total. The SMILES string of the molecule is COc1cc(C(=O)NC2CCN(Cc3ccccc3)CC2)ccc1-c1cc2cc(Cl)c(Cl)cc2[nH]1.O=C(O)C(F)(F)F. The highest BCUT2D eigenvalue weighted by molar-refractivity contribution is 6.42. The summed E-state index contributed by atoms with van der Waals surface area (Å²) >= 11 is 12.3. The van der Waals surface area contributed by atoms with E-state index in [4.69, 9.17) is 37.8 Å². The van der Waals surface area contributed by atoms with Crippen molar-refractivity contribution >= 4 is 46.0 Å². The van der Waals surface area contributed by atoms with E-state index in [1.54, 1.807) is 13.2 Å². The number of hydrogen-bond acceptors (Lipinski definition) is 4. The topological polar surface area (TPSA) is 94.7 Å². The molecule has 42 heavy (non-hydrogen) atoms. The lowest BCUT2D eigenvalue weighted by Gasteiger charge is -2.32. The Bertz CT molecular complexity index is 1510. The Hall–Kier alpha value is -3.73. The number of H-pyrrole nitrogens is 1. The molecule has 1 aliphatic heterocycles. The minimum Gasteiger partial charge on any atom is -0.496 e. The average Bonchev–Trinajstić information content (AvgIpc) is 3.36. The van der Waals surface area contributed by atoms with E-state index in [0.29, 0.717) is 21.4 Å². The van der Waals surface area contributed by atoms with Crippen LogP contribution in [0, 0.1) is 0 Å². The Labute approximate surface area is 250 Å². The van der Waals surface area contributed by atoms with Crippen LogP contribution in [0.3, 0.4) is 0 Å².